The summed E-state index contributed by atoms with van der Waals surface area (Å²) in [5.74, 6) is 0.705. The quantitative estimate of drug-likeness (QED) is 0.780. The molecule has 0 unspecified atom stereocenters. The Bertz CT molecular complexity index is 809. The zero-order valence-corrected chi connectivity index (χ0v) is 16.0. The molecule has 3 rings (SSSR count). The molecular formula is C20H26N2O3S. The summed E-state index contributed by atoms with van der Waals surface area (Å²) in [6.07, 6.45) is 0.826. The van der Waals surface area contributed by atoms with E-state index in [-0.39, 0.29) is 12.4 Å². The molecule has 1 fully saturated rings. The summed E-state index contributed by atoms with van der Waals surface area (Å²) in [6.45, 7) is 4.93. The molecule has 0 aliphatic carbocycles. The molecule has 0 radical (unpaired) electrons. The van der Waals surface area contributed by atoms with Crippen molar-refractivity contribution in [1.29, 1.82) is 0 Å². The molecule has 1 aliphatic rings. The van der Waals surface area contributed by atoms with Crippen LogP contribution in [0.4, 0.5) is 5.69 Å². The number of sulfonamides is 1. The van der Waals surface area contributed by atoms with Gasteiger partial charge in [-0.2, -0.15) is 4.31 Å². The van der Waals surface area contributed by atoms with Gasteiger partial charge in [0.15, 0.2) is 0 Å². The van der Waals surface area contributed by atoms with Crippen LogP contribution in [0.1, 0.15) is 12.0 Å². The molecule has 0 bridgehead atoms. The Kier molecular flexibility index (Phi) is 6.16. The van der Waals surface area contributed by atoms with E-state index < -0.39 is 10.0 Å². The highest BCUT2D eigenvalue weighted by molar-refractivity contribution is 7.89. The fourth-order valence-electron chi connectivity index (χ4n) is 3.24. The highest BCUT2D eigenvalue weighted by atomic mass is 32.2. The molecule has 2 aromatic carbocycles. The minimum absolute atomic E-state index is 0.00621. The third-order valence-corrected chi connectivity index (χ3v) is 6.49. The molecule has 0 amide bonds. The number of nitrogens with zero attached hydrogens (tertiary/aromatic N) is 2. The summed E-state index contributed by atoms with van der Waals surface area (Å²) < 4.78 is 32.5. The standard InChI is InChI=1S/C20H26N2O3S/c1-18-8-5-6-11-20(18)21-12-7-13-22(15-14-21)26(23,24)17-16-25-19-9-3-2-4-10-19/h2-6,8-11H,7,12-17H2,1H3. The molecule has 0 aromatic heterocycles. The summed E-state index contributed by atoms with van der Waals surface area (Å²) in [5.41, 5.74) is 2.42. The van der Waals surface area contributed by atoms with Crippen LogP contribution in [-0.2, 0) is 10.0 Å². The van der Waals surface area contributed by atoms with Gasteiger partial charge in [-0.1, -0.05) is 36.4 Å². The number of ether oxygens (including phenoxy) is 1. The molecule has 1 aliphatic heterocycles. The van der Waals surface area contributed by atoms with Crippen LogP contribution in [0, 0.1) is 6.92 Å². The number of aryl methyl sites for hydroxylation is 1. The van der Waals surface area contributed by atoms with E-state index in [0.29, 0.717) is 25.4 Å². The lowest BCUT2D eigenvalue weighted by molar-refractivity contribution is 0.335. The van der Waals surface area contributed by atoms with Crippen molar-refractivity contribution in [1.82, 2.24) is 4.31 Å². The Morgan fingerprint density at radius 3 is 2.42 bits per heavy atom. The van der Waals surface area contributed by atoms with Gasteiger partial charge in [-0.3, -0.25) is 0 Å². The predicted octanol–water partition coefficient (Wildman–Crippen LogP) is 2.92. The van der Waals surface area contributed by atoms with E-state index >= 15 is 0 Å². The smallest absolute Gasteiger partial charge is 0.217 e. The van der Waals surface area contributed by atoms with E-state index in [1.165, 1.54) is 11.3 Å². The molecule has 1 heterocycles. The van der Waals surface area contributed by atoms with Crippen LogP contribution in [0.3, 0.4) is 0 Å². The van der Waals surface area contributed by atoms with Crippen molar-refractivity contribution in [2.75, 3.05) is 43.4 Å². The van der Waals surface area contributed by atoms with Gasteiger partial charge in [-0.05, 0) is 37.1 Å². The number of para-hydroxylation sites is 2. The van der Waals surface area contributed by atoms with Crippen molar-refractivity contribution in [2.24, 2.45) is 0 Å². The zero-order valence-electron chi connectivity index (χ0n) is 15.2. The average Bonchev–Trinajstić information content (AvgIpc) is 2.90. The molecule has 0 spiro atoms. The van der Waals surface area contributed by atoms with Crippen LogP contribution < -0.4 is 9.64 Å². The lowest BCUT2D eigenvalue weighted by atomic mass is 10.2. The van der Waals surface area contributed by atoms with E-state index in [0.717, 1.165) is 13.0 Å². The van der Waals surface area contributed by atoms with Crippen molar-refractivity contribution < 1.29 is 13.2 Å². The van der Waals surface area contributed by atoms with Gasteiger partial charge in [0, 0.05) is 31.9 Å². The maximum absolute atomic E-state index is 12.7. The fourth-order valence-corrected chi connectivity index (χ4v) is 4.56. The first kappa shape index (κ1) is 18.7. The first-order valence-corrected chi connectivity index (χ1v) is 10.6. The van der Waals surface area contributed by atoms with E-state index in [2.05, 4.69) is 24.0 Å². The minimum atomic E-state index is -3.31. The molecule has 5 nitrogen and oxygen atoms in total. The Morgan fingerprint density at radius 1 is 0.923 bits per heavy atom. The largest absolute Gasteiger partial charge is 0.492 e. The lowest BCUT2D eigenvalue weighted by Crippen LogP contribution is -2.38. The van der Waals surface area contributed by atoms with Gasteiger partial charge in [-0.15, -0.1) is 0 Å². The predicted molar refractivity (Wildman–Crippen MR) is 105 cm³/mol. The van der Waals surface area contributed by atoms with Gasteiger partial charge in [0.1, 0.15) is 12.4 Å². The number of hydrogen-bond donors (Lipinski definition) is 0. The topological polar surface area (TPSA) is 49.9 Å². The highest BCUT2D eigenvalue weighted by Gasteiger charge is 2.25. The van der Waals surface area contributed by atoms with Gasteiger partial charge in [0.25, 0.3) is 0 Å². The monoisotopic (exact) mass is 374 g/mol. The molecule has 26 heavy (non-hydrogen) atoms. The molecule has 0 saturated carbocycles. The van der Waals surface area contributed by atoms with Gasteiger partial charge < -0.3 is 9.64 Å². The number of anilines is 1. The van der Waals surface area contributed by atoms with Crippen LogP contribution in [0.2, 0.25) is 0 Å². The second-order valence-electron chi connectivity index (χ2n) is 6.50. The second-order valence-corrected chi connectivity index (χ2v) is 8.59. The highest BCUT2D eigenvalue weighted by Crippen LogP contribution is 2.21. The van der Waals surface area contributed by atoms with Crippen LogP contribution in [-0.4, -0.2) is 51.3 Å². The molecule has 1 saturated heterocycles. The van der Waals surface area contributed by atoms with E-state index in [1.54, 1.807) is 4.31 Å². The van der Waals surface area contributed by atoms with Gasteiger partial charge in [0.05, 0.1) is 5.75 Å². The lowest BCUT2D eigenvalue weighted by Gasteiger charge is -2.25. The molecular weight excluding hydrogens is 348 g/mol. The number of rotatable bonds is 6. The fraction of sp³-hybridized carbons (Fsp3) is 0.400. The van der Waals surface area contributed by atoms with Crippen LogP contribution >= 0.6 is 0 Å². The summed E-state index contributed by atoms with van der Waals surface area (Å²) in [6, 6.07) is 17.6. The van der Waals surface area contributed by atoms with Crippen molar-refractivity contribution in [2.45, 2.75) is 13.3 Å². The van der Waals surface area contributed by atoms with Gasteiger partial charge >= 0.3 is 0 Å². The minimum Gasteiger partial charge on any atom is -0.492 e. The third-order valence-electron chi connectivity index (χ3n) is 4.66. The van der Waals surface area contributed by atoms with Crippen LogP contribution in [0.5, 0.6) is 5.75 Å². The molecule has 0 N–H and O–H groups in total. The van der Waals surface area contributed by atoms with Crippen LogP contribution in [0.25, 0.3) is 0 Å². The summed E-state index contributed by atoms with van der Waals surface area (Å²) in [4.78, 5) is 2.28. The Morgan fingerprint density at radius 2 is 1.65 bits per heavy atom. The Hall–Kier alpha value is -2.05. The van der Waals surface area contributed by atoms with Gasteiger partial charge in [-0.25, -0.2) is 8.42 Å². The first-order valence-electron chi connectivity index (χ1n) is 9.02. The molecule has 6 heteroatoms. The van der Waals surface area contributed by atoms with E-state index in [4.69, 9.17) is 4.74 Å². The molecule has 0 atom stereocenters. The van der Waals surface area contributed by atoms with E-state index in [1.807, 2.05) is 42.5 Å². The number of benzene rings is 2. The Balaban J connectivity index is 1.56. The maximum atomic E-state index is 12.7. The van der Waals surface area contributed by atoms with Crippen molar-refractivity contribution in [3.63, 3.8) is 0 Å². The third kappa shape index (κ3) is 4.77. The second kappa shape index (κ2) is 8.56. The van der Waals surface area contributed by atoms with Gasteiger partial charge in [0.2, 0.25) is 10.0 Å². The maximum Gasteiger partial charge on any atom is 0.217 e. The first-order chi connectivity index (χ1) is 12.6. The number of hydrogen-bond acceptors (Lipinski definition) is 4. The molecule has 2 aromatic rings. The average molecular weight is 375 g/mol. The van der Waals surface area contributed by atoms with Crippen molar-refractivity contribution in [3.05, 3.63) is 60.2 Å². The summed E-state index contributed by atoms with van der Waals surface area (Å²) in [5, 5.41) is 0. The van der Waals surface area contributed by atoms with Crippen LogP contribution in [0.15, 0.2) is 54.6 Å². The summed E-state index contributed by atoms with van der Waals surface area (Å²) in [7, 11) is -3.31. The van der Waals surface area contributed by atoms with Crippen molar-refractivity contribution in [3.8, 4) is 5.75 Å². The Labute approximate surface area is 156 Å². The normalized spacial score (nSPS) is 16.3. The summed E-state index contributed by atoms with van der Waals surface area (Å²) >= 11 is 0. The SMILES string of the molecule is Cc1ccccc1N1CCCN(S(=O)(=O)CCOc2ccccc2)CC1. The van der Waals surface area contributed by atoms with Crippen molar-refractivity contribution >= 4 is 15.7 Å². The zero-order chi connectivity index (χ0) is 18.4. The van der Waals surface area contributed by atoms with E-state index in [9.17, 15) is 8.42 Å². The molecule has 140 valence electrons.